The first-order valence-electron chi connectivity index (χ1n) is 7.47. The molecule has 0 spiro atoms. The third-order valence-electron chi connectivity index (χ3n) is 3.60. The molecule has 0 aromatic heterocycles. The van der Waals surface area contributed by atoms with Gasteiger partial charge in [0.2, 0.25) is 0 Å². The second-order valence-electron chi connectivity index (χ2n) is 6.67. The first-order valence-corrected chi connectivity index (χ1v) is 7.47. The summed E-state index contributed by atoms with van der Waals surface area (Å²) < 4.78 is 19.0. The van der Waals surface area contributed by atoms with Gasteiger partial charge in [-0.15, -0.1) is 0 Å². The number of nitrogens with zero attached hydrogens (tertiary/aromatic N) is 2. The number of amides is 1. The molecule has 2 N–H and O–H groups in total. The monoisotopic (exact) mass is 309 g/mol. The Balaban J connectivity index is 2.03. The number of anilines is 2. The highest BCUT2D eigenvalue weighted by Crippen LogP contribution is 2.23. The topological polar surface area (TPSA) is 58.8 Å². The van der Waals surface area contributed by atoms with Crippen LogP contribution in [0.15, 0.2) is 18.2 Å². The number of benzene rings is 1. The van der Waals surface area contributed by atoms with E-state index in [-0.39, 0.29) is 17.8 Å². The van der Waals surface area contributed by atoms with Gasteiger partial charge in [-0.1, -0.05) is 0 Å². The zero-order chi connectivity index (χ0) is 16.5. The molecule has 2 rings (SSSR count). The number of nitrogens with two attached hydrogens (primary N) is 1. The predicted molar refractivity (Wildman–Crippen MR) is 85.4 cm³/mol. The van der Waals surface area contributed by atoms with Gasteiger partial charge < -0.3 is 20.3 Å². The van der Waals surface area contributed by atoms with Crippen LogP contribution < -0.4 is 10.6 Å². The SMILES string of the molecule is C[C@@H]1CN(c2ccc(N)c(F)c2)CCN1C(=O)OC(C)(C)C. The zero-order valence-electron chi connectivity index (χ0n) is 13.6. The summed E-state index contributed by atoms with van der Waals surface area (Å²) in [6.45, 7) is 9.32. The van der Waals surface area contributed by atoms with E-state index in [0.29, 0.717) is 19.6 Å². The summed E-state index contributed by atoms with van der Waals surface area (Å²) in [5, 5.41) is 0. The quantitative estimate of drug-likeness (QED) is 0.810. The Morgan fingerprint density at radius 1 is 1.36 bits per heavy atom. The molecular weight excluding hydrogens is 285 g/mol. The van der Waals surface area contributed by atoms with E-state index < -0.39 is 11.4 Å². The summed E-state index contributed by atoms with van der Waals surface area (Å²) in [4.78, 5) is 15.9. The molecule has 1 saturated heterocycles. The van der Waals surface area contributed by atoms with E-state index in [1.807, 2.05) is 32.6 Å². The number of hydrogen-bond acceptors (Lipinski definition) is 4. The fourth-order valence-electron chi connectivity index (χ4n) is 2.50. The molecule has 0 aliphatic carbocycles. The van der Waals surface area contributed by atoms with Crippen molar-refractivity contribution in [1.29, 1.82) is 0 Å². The third kappa shape index (κ3) is 3.81. The van der Waals surface area contributed by atoms with Gasteiger partial charge in [0.1, 0.15) is 11.4 Å². The highest BCUT2D eigenvalue weighted by atomic mass is 19.1. The minimum atomic E-state index is -0.506. The van der Waals surface area contributed by atoms with E-state index in [4.69, 9.17) is 10.5 Å². The van der Waals surface area contributed by atoms with Crippen LogP contribution in [0.1, 0.15) is 27.7 Å². The van der Waals surface area contributed by atoms with Crippen LogP contribution in [0.3, 0.4) is 0 Å². The summed E-state index contributed by atoms with van der Waals surface area (Å²) in [7, 11) is 0. The predicted octanol–water partition coefficient (Wildman–Crippen LogP) is 2.85. The lowest BCUT2D eigenvalue weighted by Crippen LogP contribution is -2.55. The normalized spacial score (nSPS) is 19.2. The molecule has 122 valence electrons. The number of carbonyl (C=O) groups is 1. The summed E-state index contributed by atoms with van der Waals surface area (Å²) in [6, 6.07) is 4.79. The molecule has 1 aliphatic rings. The van der Waals surface area contributed by atoms with Crippen molar-refractivity contribution in [3.8, 4) is 0 Å². The lowest BCUT2D eigenvalue weighted by molar-refractivity contribution is 0.0159. The van der Waals surface area contributed by atoms with Crippen molar-refractivity contribution in [3.63, 3.8) is 0 Å². The largest absolute Gasteiger partial charge is 0.444 e. The van der Waals surface area contributed by atoms with Gasteiger partial charge in [0.15, 0.2) is 0 Å². The van der Waals surface area contributed by atoms with E-state index >= 15 is 0 Å². The molecule has 1 fully saturated rings. The van der Waals surface area contributed by atoms with Crippen LogP contribution in [0.4, 0.5) is 20.6 Å². The Morgan fingerprint density at radius 2 is 2.05 bits per heavy atom. The van der Waals surface area contributed by atoms with Gasteiger partial charge >= 0.3 is 6.09 Å². The number of carbonyl (C=O) groups excluding carboxylic acids is 1. The second-order valence-corrected chi connectivity index (χ2v) is 6.67. The van der Waals surface area contributed by atoms with E-state index in [9.17, 15) is 9.18 Å². The van der Waals surface area contributed by atoms with E-state index in [2.05, 4.69) is 0 Å². The molecule has 0 unspecified atom stereocenters. The van der Waals surface area contributed by atoms with Crippen LogP contribution >= 0.6 is 0 Å². The average Bonchev–Trinajstić information content (AvgIpc) is 2.39. The molecule has 5 nitrogen and oxygen atoms in total. The maximum Gasteiger partial charge on any atom is 0.410 e. The molecule has 1 atom stereocenters. The van der Waals surface area contributed by atoms with Crippen molar-refractivity contribution in [2.45, 2.75) is 39.3 Å². The number of piperazine rings is 1. The number of ether oxygens (including phenoxy) is 1. The number of halogens is 1. The van der Waals surface area contributed by atoms with E-state index in [0.717, 1.165) is 5.69 Å². The highest BCUT2D eigenvalue weighted by molar-refractivity contribution is 5.69. The molecule has 6 heteroatoms. The first kappa shape index (κ1) is 16.4. The van der Waals surface area contributed by atoms with Crippen LogP contribution in [-0.4, -0.2) is 42.3 Å². The van der Waals surface area contributed by atoms with Gasteiger partial charge in [-0.25, -0.2) is 9.18 Å². The van der Waals surface area contributed by atoms with Crippen molar-refractivity contribution in [2.75, 3.05) is 30.3 Å². The molecular formula is C16H24FN3O2. The maximum atomic E-state index is 13.6. The minimum absolute atomic E-state index is 0.00999. The van der Waals surface area contributed by atoms with E-state index in [1.165, 1.54) is 6.07 Å². The lowest BCUT2D eigenvalue weighted by atomic mass is 10.1. The van der Waals surface area contributed by atoms with Crippen molar-refractivity contribution in [1.82, 2.24) is 4.90 Å². The molecule has 1 aromatic carbocycles. The number of nitrogen functional groups attached to an aromatic ring is 1. The third-order valence-corrected chi connectivity index (χ3v) is 3.60. The van der Waals surface area contributed by atoms with Gasteiger partial charge in [0, 0.05) is 31.4 Å². The van der Waals surface area contributed by atoms with Crippen molar-refractivity contribution in [3.05, 3.63) is 24.0 Å². The van der Waals surface area contributed by atoms with Crippen LogP contribution in [0.2, 0.25) is 0 Å². The highest BCUT2D eigenvalue weighted by Gasteiger charge is 2.31. The fraction of sp³-hybridized carbons (Fsp3) is 0.562. The summed E-state index contributed by atoms with van der Waals surface area (Å²) in [6.07, 6.45) is -0.303. The van der Waals surface area contributed by atoms with Crippen molar-refractivity contribution >= 4 is 17.5 Å². The first-order chi connectivity index (χ1) is 10.2. The number of hydrogen-bond donors (Lipinski definition) is 1. The Kier molecular flexibility index (Phi) is 4.49. The second kappa shape index (κ2) is 6.02. The van der Waals surface area contributed by atoms with Gasteiger partial charge in [-0.05, 0) is 45.9 Å². The summed E-state index contributed by atoms with van der Waals surface area (Å²) >= 11 is 0. The zero-order valence-corrected chi connectivity index (χ0v) is 13.6. The van der Waals surface area contributed by atoms with Crippen LogP contribution in [-0.2, 0) is 4.74 Å². The average molecular weight is 309 g/mol. The Labute approximate surface area is 130 Å². The molecule has 0 bridgehead atoms. The van der Waals surface area contributed by atoms with Crippen molar-refractivity contribution in [2.24, 2.45) is 0 Å². The molecule has 1 amide bonds. The van der Waals surface area contributed by atoms with Crippen LogP contribution in [0.5, 0.6) is 0 Å². The Morgan fingerprint density at radius 3 is 2.59 bits per heavy atom. The number of rotatable bonds is 1. The maximum absolute atomic E-state index is 13.6. The summed E-state index contributed by atoms with van der Waals surface area (Å²) in [5.41, 5.74) is 5.92. The lowest BCUT2D eigenvalue weighted by Gasteiger charge is -2.41. The molecule has 22 heavy (non-hydrogen) atoms. The molecule has 0 saturated carbocycles. The van der Waals surface area contributed by atoms with Gasteiger partial charge in [-0.3, -0.25) is 0 Å². The Bertz CT molecular complexity index is 557. The smallest absolute Gasteiger partial charge is 0.410 e. The Hall–Kier alpha value is -1.98. The van der Waals surface area contributed by atoms with E-state index in [1.54, 1.807) is 17.0 Å². The van der Waals surface area contributed by atoms with Crippen molar-refractivity contribution < 1.29 is 13.9 Å². The van der Waals surface area contributed by atoms with Crippen LogP contribution in [0, 0.1) is 5.82 Å². The van der Waals surface area contributed by atoms with Gasteiger partial charge in [0.25, 0.3) is 0 Å². The molecule has 1 aliphatic heterocycles. The minimum Gasteiger partial charge on any atom is -0.444 e. The molecule has 0 radical (unpaired) electrons. The standard InChI is InChI=1S/C16H24FN3O2/c1-11-10-19(12-5-6-14(18)13(17)9-12)7-8-20(11)15(21)22-16(2,3)4/h5-6,9,11H,7-8,10,18H2,1-4H3/t11-/m1/s1. The summed E-state index contributed by atoms with van der Waals surface area (Å²) in [5.74, 6) is -0.417. The van der Waals surface area contributed by atoms with Gasteiger partial charge in [0.05, 0.1) is 5.69 Å². The van der Waals surface area contributed by atoms with Crippen LogP contribution in [0.25, 0.3) is 0 Å². The fourth-order valence-corrected chi connectivity index (χ4v) is 2.50. The molecule has 1 heterocycles. The molecule has 1 aromatic rings. The van der Waals surface area contributed by atoms with Gasteiger partial charge in [-0.2, -0.15) is 0 Å².